The first-order valence-electron chi connectivity index (χ1n) is 7.69. The van der Waals surface area contributed by atoms with Crippen LogP contribution in [0.4, 0.5) is 0 Å². The third-order valence-corrected chi connectivity index (χ3v) is 2.63. The standard InChI is InChI=1S/C18H27P.5CO.Cr/c1-16(2,3)10-13-19(14-11-17(4,5)6)15-12-18(7,8)9;5*1-2;/h1-9H3;;;;;;. The molecule has 0 aliphatic carbocycles. The molecule has 0 aromatic carbocycles. The molecule has 0 aliphatic heterocycles. The van der Waals surface area contributed by atoms with Gasteiger partial charge in [-0.3, -0.25) is 0 Å². The Morgan fingerprint density at radius 2 is 0.567 bits per heavy atom. The van der Waals surface area contributed by atoms with Crippen LogP contribution in [0.25, 0.3) is 0 Å². The summed E-state index contributed by atoms with van der Waals surface area (Å²) < 4.78 is 37.5. The number of rotatable bonds is 0. The maximum atomic E-state index is 7.50. The van der Waals surface area contributed by atoms with E-state index >= 15 is 0 Å². The second-order valence-electron chi connectivity index (χ2n) is 7.80. The minimum atomic E-state index is -0.837. The van der Waals surface area contributed by atoms with Crippen molar-refractivity contribution in [3.05, 3.63) is 33.3 Å². The van der Waals surface area contributed by atoms with Crippen LogP contribution in [-0.2, 0) is 40.6 Å². The topological polar surface area (TPSA) is 99.5 Å². The molecule has 7 heteroatoms. The Balaban J connectivity index is -0.0000000835. The zero-order chi connectivity index (χ0) is 25.3. The van der Waals surface area contributed by atoms with E-state index in [4.69, 9.17) is 23.3 Å². The van der Waals surface area contributed by atoms with Gasteiger partial charge in [0.25, 0.3) is 0 Å². The summed E-state index contributed by atoms with van der Waals surface area (Å²) >= 11 is 0. The van der Waals surface area contributed by atoms with Gasteiger partial charge in [0, 0.05) is 33.6 Å². The molecule has 0 radical (unpaired) electrons. The van der Waals surface area contributed by atoms with Crippen LogP contribution >= 0.6 is 7.92 Å². The van der Waals surface area contributed by atoms with Crippen molar-refractivity contribution in [2.45, 2.75) is 62.3 Å². The van der Waals surface area contributed by atoms with E-state index < -0.39 is 7.92 Å². The molecule has 0 bridgehead atoms. The minimum absolute atomic E-state index is 0. The Morgan fingerprint density at radius 1 is 0.433 bits per heavy atom. The SMILES string of the molecule is CC(C)(C)C#CP(C#CC(C)(C)C)C#CC(C)(C)C.[C-]#[O+].[C-]#[O+].[C-]#[O+].[C-]#[O+].[C-]#[O+].[Cr]. The Hall–Kier alpha value is -1.66. The molecule has 0 atom stereocenters. The zero-order valence-electron chi connectivity index (χ0n) is 18.9. The van der Waals surface area contributed by atoms with E-state index in [1.165, 1.54) is 0 Å². The van der Waals surface area contributed by atoms with E-state index in [2.05, 4.69) is 130 Å². The fourth-order valence-electron chi connectivity index (χ4n) is 0.755. The fourth-order valence-corrected chi connectivity index (χ4v) is 2.26. The summed E-state index contributed by atoms with van der Waals surface area (Å²) in [5.74, 6) is 9.80. The van der Waals surface area contributed by atoms with Crippen molar-refractivity contribution in [3.8, 4) is 34.7 Å². The Labute approximate surface area is 195 Å². The Bertz CT molecular complexity index is 579. The van der Waals surface area contributed by atoms with Gasteiger partial charge in [-0.25, -0.2) is 0 Å². The van der Waals surface area contributed by atoms with Gasteiger partial charge in [0.15, 0.2) is 0 Å². The average molecular weight is 466 g/mol. The molecule has 0 saturated heterocycles. The smallest absolute Gasteiger partial charge is 0 e. The summed E-state index contributed by atoms with van der Waals surface area (Å²) in [5.41, 5.74) is 9.84. The van der Waals surface area contributed by atoms with Gasteiger partial charge in [-0.15, -0.1) is 0 Å². The summed E-state index contributed by atoms with van der Waals surface area (Å²) in [5, 5.41) is 0. The zero-order valence-corrected chi connectivity index (χ0v) is 21.1. The van der Waals surface area contributed by atoms with Crippen molar-refractivity contribution >= 4 is 7.92 Å². The first-order valence-corrected chi connectivity index (χ1v) is 9.03. The predicted octanol–water partition coefficient (Wildman–Crippen LogP) is 5.30. The Morgan fingerprint density at radius 3 is 0.667 bits per heavy atom. The van der Waals surface area contributed by atoms with E-state index in [-0.39, 0.29) is 33.6 Å². The maximum Gasteiger partial charge on any atom is 0 e. The molecule has 0 amide bonds. The molecule has 30 heavy (non-hydrogen) atoms. The van der Waals surface area contributed by atoms with E-state index in [9.17, 15) is 0 Å². The second-order valence-corrected chi connectivity index (χ2v) is 9.14. The largest absolute Gasteiger partial charge is 0 e. The van der Waals surface area contributed by atoms with E-state index in [0.717, 1.165) is 0 Å². The van der Waals surface area contributed by atoms with E-state index in [1.807, 2.05) is 0 Å². The molecule has 0 unspecified atom stereocenters. The second kappa shape index (κ2) is 29.5. The summed E-state index contributed by atoms with van der Waals surface area (Å²) in [6, 6.07) is 0. The van der Waals surface area contributed by atoms with Crippen molar-refractivity contribution in [3.63, 3.8) is 0 Å². The fraction of sp³-hybridized carbons (Fsp3) is 0.522. The van der Waals surface area contributed by atoms with Crippen LogP contribution < -0.4 is 0 Å². The van der Waals surface area contributed by atoms with Crippen LogP contribution in [-0.4, -0.2) is 0 Å². The molecule has 0 aromatic heterocycles. The van der Waals surface area contributed by atoms with Crippen LogP contribution in [0.15, 0.2) is 0 Å². The third-order valence-electron chi connectivity index (χ3n) is 1.63. The Kier molecular flexibility index (Phi) is 45.8. The number of hydrogen-bond donors (Lipinski definition) is 0. The van der Waals surface area contributed by atoms with Crippen LogP contribution in [0.3, 0.4) is 0 Å². The van der Waals surface area contributed by atoms with E-state index in [0.29, 0.717) is 0 Å². The minimum Gasteiger partial charge on any atom is 0 e. The normalized spacial score (nSPS) is 7.73. The van der Waals surface area contributed by atoms with Gasteiger partial charge in [0.2, 0.25) is 0 Å². The van der Waals surface area contributed by atoms with Gasteiger partial charge in [0.05, 0.1) is 0 Å². The quantitative estimate of drug-likeness (QED) is 0.200. The molecule has 5 nitrogen and oxygen atoms in total. The van der Waals surface area contributed by atoms with Gasteiger partial charge in [-0.1, -0.05) is 17.8 Å². The molecule has 160 valence electrons. The van der Waals surface area contributed by atoms with Gasteiger partial charge in [-0.2, -0.15) is 0 Å². The first-order chi connectivity index (χ1) is 13.3. The molecule has 0 spiro atoms. The van der Waals surface area contributed by atoms with Gasteiger partial charge in [0.1, 0.15) is 7.92 Å². The molecule has 0 saturated carbocycles. The molecule has 0 N–H and O–H groups in total. The van der Waals surface area contributed by atoms with Crippen LogP contribution in [0.1, 0.15) is 62.3 Å². The molecule has 0 aromatic rings. The molecular weight excluding hydrogens is 439 g/mol. The van der Waals surface area contributed by atoms with Gasteiger partial charge >= 0.3 is 56.5 Å². The average Bonchev–Trinajstić information content (AvgIpc) is 2.67. The summed E-state index contributed by atoms with van der Waals surface area (Å²) in [6.45, 7) is 41.5. The van der Waals surface area contributed by atoms with Crippen LogP contribution in [0.2, 0.25) is 0 Å². The molecule has 0 fully saturated rings. The first kappa shape index (κ1) is 46.5. The van der Waals surface area contributed by atoms with Crippen molar-refractivity contribution < 1.29 is 40.6 Å². The molecular formula is C23H27CrO5P. The van der Waals surface area contributed by atoms with Crippen molar-refractivity contribution in [2.75, 3.05) is 0 Å². The van der Waals surface area contributed by atoms with Gasteiger partial charge in [-0.05, 0) is 79.3 Å². The third kappa shape index (κ3) is 63.3. The van der Waals surface area contributed by atoms with Gasteiger partial charge < -0.3 is 0 Å². The van der Waals surface area contributed by atoms with Crippen molar-refractivity contribution in [1.29, 1.82) is 0 Å². The van der Waals surface area contributed by atoms with Crippen LogP contribution in [0, 0.1) is 84.2 Å². The molecule has 0 aliphatic rings. The molecule has 0 rings (SSSR count). The summed E-state index contributed by atoms with van der Waals surface area (Å²) in [4.78, 5) is 0. The van der Waals surface area contributed by atoms with Crippen molar-refractivity contribution in [1.82, 2.24) is 0 Å². The summed E-state index contributed by atoms with van der Waals surface area (Å²) in [6.07, 6.45) is 0. The number of hydrogen-bond acceptors (Lipinski definition) is 0. The molecule has 0 heterocycles. The van der Waals surface area contributed by atoms with E-state index in [1.54, 1.807) is 0 Å². The maximum absolute atomic E-state index is 7.50. The monoisotopic (exact) mass is 466 g/mol. The summed E-state index contributed by atoms with van der Waals surface area (Å²) in [7, 11) is -0.837. The van der Waals surface area contributed by atoms with Crippen molar-refractivity contribution in [2.24, 2.45) is 16.2 Å². The predicted molar refractivity (Wildman–Crippen MR) is 108 cm³/mol. The van der Waals surface area contributed by atoms with Crippen LogP contribution in [0.5, 0.6) is 0 Å².